The summed E-state index contributed by atoms with van der Waals surface area (Å²) in [5.41, 5.74) is 3.97. The van der Waals surface area contributed by atoms with Crippen LogP contribution in [0.15, 0.2) is 50.2 Å². The first kappa shape index (κ1) is 37.4. The van der Waals surface area contributed by atoms with Crippen molar-refractivity contribution >= 4 is 29.9 Å². The first-order valence-corrected chi connectivity index (χ1v) is 19.7. The molecule has 2 bridgehead atoms. The molecule has 1 aromatic carbocycles. The van der Waals surface area contributed by atoms with Gasteiger partial charge in [-0.25, -0.2) is 13.8 Å². The molecule has 5 aliphatic rings. The molecule has 0 radical (unpaired) electrons. The maximum absolute atomic E-state index is 17.1. The standard InChI is InChI=1S/C44H59F2N5/c1-8-10-21-50(7)43(47-6)37-28-49-41(36-24-29(3)23-30(4)39(36)35(9-2)31(5)45)40(46)42(37)48-20-12-18-44-17-11-14-38(44)51(22-13-19-44)34-26-32-15-16-33(25-32)27-34/h2,23-24,28,32-34,38H,6,8,10-22,25-27H2,1,3-5,7H3/b35-31+,43-37+,48-42?. The van der Waals surface area contributed by atoms with E-state index in [-0.39, 0.29) is 17.0 Å². The van der Waals surface area contributed by atoms with Crippen molar-refractivity contribution in [3.8, 4) is 12.3 Å². The molecule has 2 aliphatic heterocycles. The molecule has 4 atom stereocenters. The molecule has 6 rings (SSSR count). The van der Waals surface area contributed by atoms with Crippen molar-refractivity contribution in [1.82, 2.24) is 9.80 Å². The van der Waals surface area contributed by atoms with E-state index in [0.717, 1.165) is 61.2 Å². The average Bonchev–Trinajstić information content (AvgIpc) is 3.69. The number of aliphatic imine (C=N–C) groups is 3. The Hall–Kier alpha value is -3.37. The molecule has 51 heavy (non-hydrogen) atoms. The van der Waals surface area contributed by atoms with Crippen LogP contribution in [0.4, 0.5) is 8.78 Å². The maximum atomic E-state index is 17.1. The van der Waals surface area contributed by atoms with Gasteiger partial charge in [-0.15, -0.1) is 6.42 Å². The molecule has 1 aromatic rings. The number of terminal acetylenes is 1. The summed E-state index contributed by atoms with van der Waals surface area (Å²) in [4.78, 5) is 19.1. The predicted octanol–water partition coefficient (Wildman–Crippen LogP) is 10.4. The van der Waals surface area contributed by atoms with Gasteiger partial charge in [0.1, 0.15) is 23.1 Å². The predicted molar refractivity (Wildman–Crippen MR) is 210 cm³/mol. The number of benzene rings is 1. The van der Waals surface area contributed by atoms with E-state index >= 15 is 4.39 Å². The van der Waals surface area contributed by atoms with Gasteiger partial charge in [-0.1, -0.05) is 50.2 Å². The van der Waals surface area contributed by atoms with Crippen LogP contribution in [0.25, 0.3) is 11.3 Å². The zero-order chi connectivity index (χ0) is 36.3. The van der Waals surface area contributed by atoms with E-state index < -0.39 is 11.7 Å². The Morgan fingerprint density at radius 2 is 1.86 bits per heavy atom. The Kier molecular flexibility index (Phi) is 11.8. The van der Waals surface area contributed by atoms with Crippen LogP contribution in [-0.4, -0.2) is 67.2 Å². The van der Waals surface area contributed by atoms with Crippen molar-refractivity contribution in [2.24, 2.45) is 32.2 Å². The Bertz CT molecular complexity index is 1670. The third-order valence-corrected chi connectivity index (χ3v) is 12.8. The molecule has 0 spiro atoms. The first-order chi connectivity index (χ1) is 24.6. The number of halogens is 2. The van der Waals surface area contributed by atoms with Crippen molar-refractivity contribution in [2.45, 2.75) is 130 Å². The van der Waals surface area contributed by atoms with Gasteiger partial charge in [0.15, 0.2) is 5.83 Å². The molecular weight excluding hydrogens is 637 g/mol. The highest BCUT2D eigenvalue weighted by atomic mass is 19.1. The highest BCUT2D eigenvalue weighted by Gasteiger charge is 2.50. The summed E-state index contributed by atoms with van der Waals surface area (Å²) in [7, 11) is 1.96. The summed E-state index contributed by atoms with van der Waals surface area (Å²) < 4.78 is 32.0. The van der Waals surface area contributed by atoms with Gasteiger partial charge in [0.05, 0.1) is 11.1 Å². The molecule has 7 heteroatoms. The van der Waals surface area contributed by atoms with Crippen molar-refractivity contribution in [3.63, 3.8) is 0 Å². The number of unbranched alkanes of at least 4 members (excludes halogenated alkanes) is 1. The van der Waals surface area contributed by atoms with Gasteiger partial charge in [-0.3, -0.25) is 14.9 Å². The van der Waals surface area contributed by atoms with Crippen LogP contribution in [0.5, 0.6) is 0 Å². The van der Waals surface area contributed by atoms with E-state index in [0.29, 0.717) is 40.5 Å². The van der Waals surface area contributed by atoms with E-state index in [9.17, 15) is 4.39 Å². The minimum Gasteiger partial charge on any atom is -0.359 e. The Morgan fingerprint density at radius 3 is 2.55 bits per heavy atom. The lowest BCUT2D eigenvalue weighted by Gasteiger charge is -2.51. The van der Waals surface area contributed by atoms with Crippen LogP contribution in [0.2, 0.25) is 0 Å². The van der Waals surface area contributed by atoms with Crippen molar-refractivity contribution in [1.29, 1.82) is 0 Å². The van der Waals surface area contributed by atoms with E-state index in [4.69, 9.17) is 11.4 Å². The van der Waals surface area contributed by atoms with Crippen LogP contribution in [0.3, 0.4) is 0 Å². The fourth-order valence-corrected chi connectivity index (χ4v) is 10.6. The lowest BCUT2D eigenvalue weighted by molar-refractivity contribution is -0.0184. The zero-order valence-electron chi connectivity index (χ0n) is 31.8. The Labute approximate surface area is 306 Å². The van der Waals surface area contributed by atoms with Crippen LogP contribution < -0.4 is 0 Å². The largest absolute Gasteiger partial charge is 0.359 e. The number of piperidine rings is 1. The van der Waals surface area contributed by atoms with E-state index in [1.807, 2.05) is 37.9 Å². The highest BCUT2D eigenvalue weighted by Crippen LogP contribution is 2.53. The number of hydrogen-bond acceptors (Lipinski definition) is 5. The van der Waals surface area contributed by atoms with Crippen molar-refractivity contribution in [3.05, 3.63) is 57.4 Å². The van der Waals surface area contributed by atoms with Crippen LogP contribution in [-0.2, 0) is 0 Å². The quantitative estimate of drug-likeness (QED) is 0.124. The Balaban J connectivity index is 1.32. The second kappa shape index (κ2) is 16.1. The molecule has 3 saturated carbocycles. The van der Waals surface area contributed by atoms with Crippen LogP contribution in [0, 0.1) is 43.4 Å². The monoisotopic (exact) mass is 695 g/mol. The summed E-state index contributed by atoms with van der Waals surface area (Å²) in [5, 5.41) is 0. The molecule has 4 unspecified atom stereocenters. The van der Waals surface area contributed by atoms with Gasteiger partial charge >= 0.3 is 0 Å². The van der Waals surface area contributed by atoms with Gasteiger partial charge < -0.3 is 4.90 Å². The lowest BCUT2D eigenvalue weighted by Crippen LogP contribution is -2.54. The second-order valence-corrected chi connectivity index (χ2v) is 16.3. The summed E-state index contributed by atoms with van der Waals surface area (Å²) in [6.45, 7) is 13.7. The molecular formula is C44H59F2N5. The molecule has 0 amide bonds. The lowest BCUT2D eigenvalue weighted by atomic mass is 9.70. The zero-order valence-corrected chi connectivity index (χ0v) is 31.8. The molecule has 0 N–H and O–H groups in total. The number of likely N-dealkylation sites (tertiary alicyclic amines) is 1. The minimum absolute atomic E-state index is 0.110. The average molecular weight is 696 g/mol. The fourth-order valence-electron chi connectivity index (χ4n) is 10.6. The van der Waals surface area contributed by atoms with Crippen LogP contribution >= 0.6 is 0 Å². The van der Waals surface area contributed by atoms with Crippen LogP contribution in [0.1, 0.15) is 126 Å². The maximum Gasteiger partial charge on any atom is 0.175 e. The molecule has 274 valence electrons. The number of rotatable bonds is 12. The summed E-state index contributed by atoms with van der Waals surface area (Å²) in [6.07, 6.45) is 25.1. The number of aryl methyl sites for hydroxylation is 2. The van der Waals surface area contributed by atoms with Crippen molar-refractivity contribution in [2.75, 3.05) is 26.7 Å². The van der Waals surface area contributed by atoms with E-state index in [1.54, 1.807) is 6.21 Å². The molecule has 0 aromatic heterocycles. The Morgan fingerprint density at radius 1 is 1.12 bits per heavy atom. The normalized spacial score (nSPS) is 30.0. The van der Waals surface area contributed by atoms with Gasteiger partial charge in [-0.05, 0) is 127 Å². The van der Waals surface area contributed by atoms with Gasteiger partial charge in [0.2, 0.25) is 0 Å². The molecule has 3 aliphatic carbocycles. The van der Waals surface area contributed by atoms with Gasteiger partial charge in [-0.2, -0.15) is 0 Å². The topological polar surface area (TPSA) is 43.6 Å². The smallest absolute Gasteiger partial charge is 0.175 e. The fraction of sp³-hybridized carbons (Fsp3) is 0.614. The molecule has 4 fully saturated rings. The summed E-state index contributed by atoms with van der Waals surface area (Å²) >= 11 is 0. The molecule has 1 saturated heterocycles. The van der Waals surface area contributed by atoms with Gasteiger partial charge in [0.25, 0.3) is 0 Å². The SMILES string of the molecule is C#C/C(=C(/C)F)c1c(C)cc(C)cc1C1=C(F)C(=NCCCC23CCCC2N(C2CC4CCC(C4)C2)CCC3)/C(=C(\N=C)N(C)CCCC)C=N1. The van der Waals surface area contributed by atoms with Gasteiger partial charge in [0, 0.05) is 49.6 Å². The summed E-state index contributed by atoms with van der Waals surface area (Å²) in [5.74, 6) is 3.94. The first-order valence-electron chi connectivity index (χ1n) is 19.7. The summed E-state index contributed by atoms with van der Waals surface area (Å²) in [6, 6.07) is 5.22. The highest BCUT2D eigenvalue weighted by molar-refractivity contribution is 6.28. The third kappa shape index (κ3) is 7.59. The number of allylic oxidation sites excluding steroid dienone is 4. The molecule has 2 heterocycles. The van der Waals surface area contributed by atoms with E-state index in [1.165, 1.54) is 77.7 Å². The number of hydrogen-bond donors (Lipinski definition) is 0. The van der Waals surface area contributed by atoms with Crippen molar-refractivity contribution < 1.29 is 8.78 Å². The molecule has 5 nitrogen and oxygen atoms in total. The van der Waals surface area contributed by atoms with E-state index in [2.05, 4.69) is 34.4 Å². The second-order valence-electron chi connectivity index (χ2n) is 16.3. The number of nitrogens with zero attached hydrogens (tertiary/aromatic N) is 5. The minimum atomic E-state index is -0.538. The number of fused-ring (bicyclic) bond motifs is 3. The third-order valence-electron chi connectivity index (χ3n) is 12.8.